The molecule has 0 aliphatic rings. The number of carbonyl (C=O) groups is 1. The summed E-state index contributed by atoms with van der Waals surface area (Å²) >= 11 is 0. The molecule has 27 heavy (non-hydrogen) atoms. The van der Waals surface area contributed by atoms with Gasteiger partial charge in [-0.15, -0.1) is 0 Å². The van der Waals surface area contributed by atoms with E-state index in [9.17, 15) is 21.6 Å². The van der Waals surface area contributed by atoms with Gasteiger partial charge in [0.05, 0.1) is 9.79 Å². The van der Waals surface area contributed by atoms with Gasteiger partial charge in [-0.3, -0.25) is 4.79 Å². The highest BCUT2D eigenvalue weighted by atomic mass is 32.2. The second-order valence-corrected chi connectivity index (χ2v) is 10.1. The molecular formula is C18H22N2O5S2. The number of rotatable bonds is 7. The van der Waals surface area contributed by atoms with E-state index in [1.807, 2.05) is 0 Å². The number of hydrogen-bond donors (Lipinski definition) is 2. The van der Waals surface area contributed by atoms with Crippen molar-refractivity contribution < 1.29 is 21.6 Å². The lowest BCUT2D eigenvalue weighted by atomic mass is 10.2. The van der Waals surface area contributed by atoms with Crippen LogP contribution in [0.2, 0.25) is 0 Å². The van der Waals surface area contributed by atoms with E-state index in [1.54, 1.807) is 26.0 Å². The first-order valence-corrected chi connectivity index (χ1v) is 11.6. The summed E-state index contributed by atoms with van der Waals surface area (Å²) in [5.41, 5.74) is 0.940. The minimum Gasteiger partial charge on any atom is -0.348 e. The Labute approximate surface area is 159 Å². The van der Waals surface area contributed by atoms with Crippen molar-refractivity contribution in [3.05, 3.63) is 59.7 Å². The van der Waals surface area contributed by atoms with E-state index in [0.29, 0.717) is 11.1 Å². The maximum Gasteiger partial charge on any atom is 0.251 e. The summed E-state index contributed by atoms with van der Waals surface area (Å²) < 4.78 is 49.8. The van der Waals surface area contributed by atoms with Crippen LogP contribution in [0, 0.1) is 0 Å². The largest absolute Gasteiger partial charge is 0.348 e. The monoisotopic (exact) mass is 410 g/mol. The Hall–Kier alpha value is -2.23. The SMILES string of the molecule is CC(C)NS(=O)(=O)c1cccc(CNC(=O)c2ccc(S(C)(=O)=O)cc2)c1. The van der Waals surface area contributed by atoms with E-state index in [2.05, 4.69) is 10.0 Å². The molecule has 0 saturated carbocycles. The van der Waals surface area contributed by atoms with Gasteiger partial charge in [0.1, 0.15) is 0 Å². The van der Waals surface area contributed by atoms with Crippen molar-refractivity contribution in [2.24, 2.45) is 0 Å². The molecule has 2 N–H and O–H groups in total. The number of amides is 1. The topological polar surface area (TPSA) is 109 Å². The normalized spacial score (nSPS) is 12.1. The Balaban J connectivity index is 2.08. The maximum absolute atomic E-state index is 12.2. The van der Waals surface area contributed by atoms with Crippen molar-refractivity contribution in [3.8, 4) is 0 Å². The molecule has 0 bridgehead atoms. The van der Waals surface area contributed by atoms with Gasteiger partial charge in [-0.2, -0.15) is 0 Å². The zero-order valence-electron chi connectivity index (χ0n) is 15.3. The molecule has 146 valence electrons. The predicted octanol–water partition coefficient (Wildman–Crippen LogP) is 1.71. The molecule has 0 aliphatic carbocycles. The third-order valence-corrected chi connectivity index (χ3v) is 6.38. The van der Waals surface area contributed by atoms with Gasteiger partial charge in [0.25, 0.3) is 5.91 Å². The lowest BCUT2D eigenvalue weighted by Gasteiger charge is -2.11. The molecule has 0 aromatic heterocycles. The summed E-state index contributed by atoms with van der Waals surface area (Å²) in [4.78, 5) is 12.5. The number of sulfonamides is 1. The van der Waals surface area contributed by atoms with Crippen molar-refractivity contribution >= 4 is 25.8 Å². The molecule has 0 aliphatic heterocycles. The van der Waals surface area contributed by atoms with Crippen LogP contribution in [0.3, 0.4) is 0 Å². The van der Waals surface area contributed by atoms with Crippen LogP contribution in [-0.2, 0) is 26.4 Å². The Morgan fingerprint density at radius 3 is 2.15 bits per heavy atom. The number of sulfone groups is 1. The summed E-state index contributed by atoms with van der Waals surface area (Å²) in [6.07, 6.45) is 1.09. The molecule has 2 rings (SSSR count). The van der Waals surface area contributed by atoms with Crippen LogP contribution in [0.4, 0.5) is 0 Å². The molecule has 2 aromatic rings. The third-order valence-electron chi connectivity index (χ3n) is 3.60. The van der Waals surface area contributed by atoms with Gasteiger partial charge in [0.15, 0.2) is 9.84 Å². The Kier molecular flexibility index (Phi) is 6.40. The van der Waals surface area contributed by atoms with Crippen LogP contribution in [0.15, 0.2) is 58.3 Å². The van der Waals surface area contributed by atoms with E-state index in [0.717, 1.165) is 6.26 Å². The number of carbonyl (C=O) groups excluding carboxylic acids is 1. The van der Waals surface area contributed by atoms with Crippen molar-refractivity contribution in [3.63, 3.8) is 0 Å². The molecule has 0 fully saturated rings. The van der Waals surface area contributed by atoms with E-state index in [-0.39, 0.29) is 28.3 Å². The van der Waals surface area contributed by atoms with E-state index in [4.69, 9.17) is 0 Å². The molecule has 0 atom stereocenters. The lowest BCUT2D eigenvalue weighted by molar-refractivity contribution is 0.0951. The molecular weight excluding hydrogens is 388 g/mol. The quantitative estimate of drug-likeness (QED) is 0.722. The minimum absolute atomic E-state index is 0.125. The van der Waals surface area contributed by atoms with Crippen LogP contribution in [0.1, 0.15) is 29.8 Å². The molecule has 0 unspecified atom stereocenters. The summed E-state index contributed by atoms with van der Waals surface area (Å²) in [6, 6.07) is 11.7. The summed E-state index contributed by atoms with van der Waals surface area (Å²) in [7, 11) is -6.93. The molecule has 7 nitrogen and oxygen atoms in total. The van der Waals surface area contributed by atoms with Crippen LogP contribution in [-0.4, -0.2) is 35.0 Å². The van der Waals surface area contributed by atoms with Crippen LogP contribution in [0.25, 0.3) is 0 Å². The van der Waals surface area contributed by atoms with Crippen molar-refractivity contribution in [2.45, 2.75) is 36.2 Å². The number of hydrogen-bond acceptors (Lipinski definition) is 5. The fraction of sp³-hybridized carbons (Fsp3) is 0.278. The average Bonchev–Trinajstić information content (AvgIpc) is 2.58. The fourth-order valence-electron chi connectivity index (χ4n) is 2.34. The van der Waals surface area contributed by atoms with Gasteiger partial charge in [-0.05, 0) is 55.8 Å². The van der Waals surface area contributed by atoms with Gasteiger partial charge in [0, 0.05) is 24.4 Å². The first-order chi connectivity index (χ1) is 12.5. The molecule has 0 saturated heterocycles. The van der Waals surface area contributed by atoms with Gasteiger partial charge < -0.3 is 5.32 Å². The molecule has 2 aromatic carbocycles. The highest BCUT2D eigenvalue weighted by Gasteiger charge is 2.16. The summed E-state index contributed by atoms with van der Waals surface area (Å²) in [5.74, 6) is -0.386. The minimum atomic E-state index is -3.61. The van der Waals surface area contributed by atoms with Gasteiger partial charge in [-0.25, -0.2) is 21.6 Å². The second kappa shape index (κ2) is 8.20. The van der Waals surface area contributed by atoms with Gasteiger partial charge >= 0.3 is 0 Å². The Bertz CT molecular complexity index is 1030. The molecule has 0 spiro atoms. The van der Waals surface area contributed by atoms with Crippen molar-refractivity contribution in [1.82, 2.24) is 10.0 Å². The summed E-state index contributed by atoms with van der Waals surface area (Å²) in [5, 5.41) is 2.69. The predicted molar refractivity (Wildman–Crippen MR) is 103 cm³/mol. The van der Waals surface area contributed by atoms with E-state index >= 15 is 0 Å². The van der Waals surface area contributed by atoms with Gasteiger partial charge in [-0.1, -0.05) is 12.1 Å². The molecule has 1 amide bonds. The average molecular weight is 411 g/mol. The summed E-state index contributed by atoms with van der Waals surface area (Å²) in [6.45, 7) is 3.60. The number of benzene rings is 2. The highest BCUT2D eigenvalue weighted by molar-refractivity contribution is 7.90. The van der Waals surface area contributed by atoms with Crippen molar-refractivity contribution in [2.75, 3.05) is 6.26 Å². The van der Waals surface area contributed by atoms with Crippen molar-refractivity contribution in [1.29, 1.82) is 0 Å². The van der Waals surface area contributed by atoms with E-state index < -0.39 is 19.9 Å². The van der Waals surface area contributed by atoms with Crippen LogP contribution in [0.5, 0.6) is 0 Å². The Morgan fingerprint density at radius 1 is 0.963 bits per heavy atom. The first-order valence-electron chi connectivity index (χ1n) is 8.18. The molecule has 9 heteroatoms. The zero-order chi connectivity index (χ0) is 20.2. The lowest BCUT2D eigenvalue weighted by Crippen LogP contribution is -2.30. The van der Waals surface area contributed by atoms with Crippen LogP contribution >= 0.6 is 0 Å². The fourth-order valence-corrected chi connectivity index (χ4v) is 4.29. The number of nitrogens with one attached hydrogen (secondary N) is 2. The second-order valence-electron chi connectivity index (χ2n) is 6.40. The van der Waals surface area contributed by atoms with E-state index in [1.165, 1.54) is 36.4 Å². The Morgan fingerprint density at radius 2 is 1.59 bits per heavy atom. The third kappa shape index (κ3) is 5.88. The smallest absolute Gasteiger partial charge is 0.251 e. The first kappa shape index (κ1) is 21.1. The zero-order valence-corrected chi connectivity index (χ0v) is 16.9. The standard InChI is InChI=1S/C18H22N2O5S2/c1-13(2)20-27(24,25)17-6-4-5-14(11-17)12-19-18(21)15-7-9-16(10-8-15)26(3,22)23/h4-11,13,20H,12H2,1-3H3,(H,19,21). The maximum atomic E-state index is 12.2. The molecule has 0 heterocycles. The molecule has 0 radical (unpaired) electrons. The van der Waals surface area contributed by atoms with Crippen LogP contribution < -0.4 is 10.0 Å². The van der Waals surface area contributed by atoms with Gasteiger partial charge in [0.2, 0.25) is 10.0 Å². The highest BCUT2D eigenvalue weighted by Crippen LogP contribution is 2.13.